The minimum absolute atomic E-state index is 0.191. The van der Waals surface area contributed by atoms with Gasteiger partial charge in [-0.3, -0.25) is 4.79 Å². The van der Waals surface area contributed by atoms with Gasteiger partial charge in [0.2, 0.25) is 0 Å². The van der Waals surface area contributed by atoms with Crippen LogP contribution in [0, 0.1) is 0 Å². The van der Waals surface area contributed by atoms with Crippen LogP contribution in [0.3, 0.4) is 0 Å². The number of hydrogen-bond donors (Lipinski definition) is 6. The van der Waals surface area contributed by atoms with Crippen molar-refractivity contribution in [2.45, 2.75) is 64.7 Å². The molecule has 1 aliphatic heterocycles. The molecule has 0 saturated heterocycles. The monoisotopic (exact) mass is 753 g/mol. The summed E-state index contributed by atoms with van der Waals surface area (Å²) < 4.78 is 28.5. The minimum atomic E-state index is -0.448. The highest BCUT2D eigenvalue weighted by Gasteiger charge is 2.26. The van der Waals surface area contributed by atoms with Crippen LogP contribution in [0.5, 0.6) is 23.0 Å². The zero-order valence-electron chi connectivity index (χ0n) is 31.0. The fraction of sp³-hybridized carbons (Fsp3) is 0.333. The molecule has 0 aliphatic carbocycles. The molecule has 1 amide bonds. The standard InChI is InChI=1S/C42H47N3O10/c1-51-32-10-11-35-33(20-32)42(50)44-41(43-35)27-9-12-37(31(16-27)24-48)53-14-6-4-3-5-7-15-54-40-19-26(8-13-38(40)52-2)36-21-39(55-45-36)28-17-29(22-46)34(25-49)30(18-28)23-47/h8-13,16-21,41,43,46-49H,3-7,14-15,22-25H2,1-2H3,(H,44,50). The summed E-state index contributed by atoms with van der Waals surface area (Å²) in [7, 11) is 3.15. The Bertz CT molecular complexity index is 2060. The quantitative estimate of drug-likeness (QED) is 0.0522. The van der Waals surface area contributed by atoms with Gasteiger partial charge in [-0.1, -0.05) is 30.5 Å². The van der Waals surface area contributed by atoms with Gasteiger partial charge in [-0.25, -0.2) is 0 Å². The summed E-state index contributed by atoms with van der Waals surface area (Å²) in [6, 6.07) is 21.6. The molecule has 4 aromatic carbocycles. The van der Waals surface area contributed by atoms with E-state index >= 15 is 0 Å². The molecule has 290 valence electrons. The first kappa shape index (κ1) is 39.1. The van der Waals surface area contributed by atoms with E-state index in [1.807, 2.05) is 42.5 Å². The van der Waals surface area contributed by atoms with Gasteiger partial charge < -0.3 is 54.5 Å². The highest BCUT2D eigenvalue weighted by molar-refractivity contribution is 6.02. The van der Waals surface area contributed by atoms with E-state index in [9.17, 15) is 25.2 Å². The van der Waals surface area contributed by atoms with Crippen molar-refractivity contribution < 1.29 is 48.7 Å². The van der Waals surface area contributed by atoms with E-state index in [1.165, 1.54) is 0 Å². The molecule has 1 atom stereocenters. The van der Waals surface area contributed by atoms with Gasteiger partial charge in [0.1, 0.15) is 23.4 Å². The topological polar surface area (TPSA) is 185 Å². The van der Waals surface area contributed by atoms with Gasteiger partial charge in [-0.2, -0.15) is 0 Å². The summed E-state index contributed by atoms with van der Waals surface area (Å²) in [4.78, 5) is 12.8. The van der Waals surface area contributed by atoms with Crippen molar-refractivity contribution in [2.75, 3.05) is 32.8 Å². The van der Waals surface area contributed by atoms with Gasteiger partial charge in [0.25, 0.3) is 5.91 Å². The van der Waals surface area contributed by atoms with Crippen LogP contribution in [0.2, 0.25) is 0 Å². The summed E-state index contributed by atoms with van der Waals surface area (Å²) in [6.07, 6.45) is 4.22. The molecule has 1 aromatic heterocycles. The molecule has 0 saturated carbocycles. The van der Waals surface area contributed by atoms with Gasteiger partial charge in [0.15, 0.2) is 17.3 Å². The molecule has 6 N–H and O–H groups in total. The van der Waals surface area contributed by atoms with Crippen LogP contribution in [-0.2, 0) is 26.4 Å². The predicted molar refractivity (Wildman–Crippen MR) is 205 cm³/mol. The van der Waals surface area contributed by atoms with Crippen molar-refractivity contribution in [3.05, 3.63) is 106 Å². The summed E-state index contributed by atoms with van der Waals surface area (Å²) in [5, 5.41) is 49.9. The number of carbonyl (C=O) groups is 1. The first-order chi connectivity index (χ1) is 26.9. The smallest absolute Gasteiger partial charge is 0.255 e. The molecule has 6 rings (SSSR count). The molecule has 13 heteroatoms. The van der Waals surface area contributed by atoms with E-state index in [-0.39, 0.29) is 32.3 Å². The number of carbonyl (C=O) groups excluding carboxylic acids is 1. The van der Waals surface area contributed by atoms with Crippen LogP contribution in [0.1, 0.15) is 76.4 Å². The van der Waals surface area contributed by atoms with Crippen LogP contribution in [-0.4, -0.2) is 58.9 Å². The SMILES string of the molecule is COc1ccc2c(c1)C(=O)NC(c1ccc(OCCCCCCCOc3cc(-c4cc(-c5cc(CO)c(CO)c(CO)c5)on4)ccc3OC)c(CO)c1)N2. The molecular formula is C42H47N3O10. The van der Waals surface area contributed by atoms with Crippen molar-refractivity contribution in [1.29, 1.82) is 0 Å². The number of hydrogen-bond acceptors (Lipinski definition) is 12. The molecule has 0 bridgehead atoms. The summed E-state index contributed by atoms with van der Waals surface area (Å²) >= 11 is 0. The Hall–Kier alpha value is -5.60. The second-order valence-electron chi connectivity index (χ2n) is 13.1. The zero-order valence-corrected chi connectivity index (χ0v) is 31.0. The molecule has 0 radical (unpaired) electrons. The summed E-state index contributed by atoms with van der Waals surface area (Å²) in [6.45, 7) is -0.0340. The predicted octanol–water partition coefficient (Wildman–Crippen LogP) is 6.26. The highest BCUT2D eigenvalue weighted by atomic mass is 16.5. The second kappa shape index (κ2) is 18.6. The Morgan fingerprint density at radius 3 is 2.02 bits per heavy atom. The lowest BCUT2D eigenvalue weighted by Crippen LogP contribution is -2.38. The molecule has 5 aromatic rings. The van der Waals surface area contributed by atoms with Crippen LogP contribution in [0.25, 0.3) is 22.6 Å². The Labute approximate surface area is 319 Å². The van der Waals surface area contributed by atoms with Crippen molar-refractivity contribution in [3.8, 4) is 45.6 Å². The Morgan fingerprint density at radius 1 is 0.655 bits per heavy atom. The van der Waals surface area contributed by atoms with E-state index in [1.54, 1.807) is 44.6 Å². The van der Waals surface area contributed by atoms with Crippen LogP contribution >= 0.6 is 0 Å². The number of fused-ring (bicyclic) bond motifs is 1. The zero-order chi connectivity index (χ0) is 38.7. The van der Waals surface area contributed by atoms with E-state index in [4.69, 9.17) is 23.5 Å². The van der Waals surface area contributed by atoms with Gasteiger partial charge in [-0.05, 0) is 95.8 Å². The largest absolute Gasteiger partial charge is 0.497 e. The number of nitrogens with zero attached hydrogens (tertiary/aromatic N) is 1. The van der Waals surface area contributed by atoms with E-state index in [0.717, 1.165) is 43.2 Å². The number of anilines is 1. The lowest BCUT2D eigenvalue weighted by molar-refractivity contribution is 0.0935. The maximum Gasteiger partial charge on any atom is 0.255 e. The van der Waals surface area contributed by atoms with Crippen molar-refractivity contribution in [2.24, 2.45) is 0 Å². The van der Waals surface area contributed by atoms with Crippen molar-refractivity contribution in [3.63, 3.8) is 0 Å². The Balaban J connectivity index is 0.946. The van der Waals surface area contributed by atoms with Gasteiger partial charge in [0, 0.05) is 28.4 Å². The molecule has 1 unspecified atom stereocenters. The third-order valence-electron chi connectivity index (χ3n) is 9.63. The lowest BCUT2D eigenvalue weighted by Gasteiger charge is -2.29. The van der Waals surface area contributed by atoms with Crippen molar-refractivity contribution in [1.82, 2.24) is 10.5 Å². The van der Waals surface area contributed by atoms with E-state index in [2.05, 4.69) is 15.8 Å². The Kier molecular flexibility index (Phi) is 13.2. The number of benzene rings is 4. The number of methoxy groups -OCH3 is 2. The average Bonchev–Trinajstić information content (AvgIpc) is 3.73. The molecular weight excluding hydrogens is 706 g/mol. The second-order valence-corrected chi connectivity index (χ2v) is 13.1. The lowest BCUT2D eigenvalue weighted by atomic mass is 9.97. The number of unbranched alkanes of at least 4 members (excludes halogenated alkanes) is 4. The first-order valence-corrected chi connectivity index (χ1v) is 18.3. The maximum atomic E-state index is 12.8. The van der Waals surface area contributed by atoms with Gasteiger partial charge >= 0.3 is 0 Å². The fourth-order valence-electron chi connectivity index (χ4n) is 6.59. The van der Waals surface area contributed by atoms with E-state index < -0.39 is 6.17 Å². The van der Waals surface area contributed by atoms with E-state index in [0.29, 0.717) is 86.7 Å². The van der Waals surface area contributed by atoms with Gasteiger partial charge in [0.05, 0.1) is 59.4 Å². The first-order valence-electron chi connectivity index (χ1n) is 18.3. The summed E-state index contributed by atoms with van der Waals surface area (Å²) in [5.74, 6) is 2.67. The molecule has 13 nitrogen and oxygen atoms in total. The number of aromatic nitrogens is 1. The van der Waals surface area contributed by atoms with Crippen LogP contribution in [0.15, 0.2) is 77.3 Å². The van der Waals surface area contributed by atoms with Crippen LogP contribution in [0.4, 0.5) is 5.69 Å². The molecule has 1 aliphatic rings. The molecule has 2 heterocycles. The number of amides is 1. The number of rotatable bonds is 19. The number of nitrogens with one attached hydrogen (secondary N) is 2. The number of aliphatic hydroxyl groups is 4. The average molecular weight is 754 g/mol. The maximum absolute atomic E-state index is 12.8. The Morgan fingerprint density at radius 2 is 1.35 bits per heavy atom. The number of aliphatic hydroxyl groups excluding tert-OH is 4. The molecule has 0 fully saturated rings. The molecule has 55 heavy (non-hydrogen) atoms. The summed E-state index contributed by atoms with van der Waals surface area (Å²) in [5.41, 5.74) is 6.17. The van der Waals surface area contributed by atoms with Gasteiger partial charge in [-0.15, -0.1) is 0 Å². The van der Waals surface area contributed by atoms with Crippen molar-refractivity contribution >= 4 is 11.6 Å². The number of ether oxygens (including phenoxy) is 4. The van der Waals surface area contributed by atoms with Crippen LogP contribution < -0.4 is 29.6 Å². The normalized spacial score (nSPS) is 13.5. The molecule has 0 spiro atoms. The fourth-order valence-corrected chi connectivity index (χ4v) is 6.59. The third kappa shape index (κ3) is 9.20. The minimum Gasteiger partial charge on any atom is -0.497 e. The third-order valence-corrected chi connectivity index (χ3v) is 9.63. The highest BCUT2D eigenvalue weighted by Crippen LogP contribution is 2.35.